The van der Waals surface area contributed by atoms with Crippen LogP contribution >= 0.6 is 15.9 Å². The van der Waals surface area contributed by atoms with Crippen molar-refractivity contribution >= 4 is 27.6 Å². The molecule has 0 spiro atoms. The van der Waals surface area contributed by atoms with Crippen LogP contribution in [-0.2, 0) is 6.54 Å². The van der Waals surface area contributed by atoms with Gasteiger partial charge in [-0.25, -0.2) is 9.97 Å². The van der Waals surface area contributed by atoms with Gasteiger partial charge >= 0.3 is 0 Å². The van der Waals surface area contributed by atoms with Gasteiger partial charge in [0.2, 0.25) is 0 Å². The largest absolute Gasteiger partial charge is 0.370 e. The normalized spacial score (nSPS) is 10.5. The molecular weight excluding hydrogens is 328 g/mol. The predicted octanol–water partition coefficient (Wildman–Crippen LogP) is 4.01. The van der Waals surface area contributed by atoms with Crippen molar-refractivity contribution in [2.24, 2.45) is 0 Å². The second-order valence-corrected chi connectivity index (χ2v) is 5.90. The zero-order valence-corrected chi connectivity index (χ0v) is 14.3. The van der Waals surface area contributed by atoms with E-state index in [1.54, 1.807) is 6.33 Å². The number of anilines is 2. The molecule has 4 nitrogen and oxygen atoms in total. The fourth-order valence-electron chi connectivity index (χ4n) is 2.20. The number of aromatic nitrogens is 2. The second kappa shape index (κ2) is 7.41. The van der Waals surface area contributed by atoms with E-state index in [0.717, 1.165) is 41.2 Å². The molecule has 5 heteroatoms. The van der Waals surface area contributed by atoms with Gasteiger partial charge in [-0.3, -0.25) is 0 Å². The van der Waals surface area contributed by atoms with E-state index < -0.39 is 0 Å². The smallest absolute Gasteiger partial charge is 0.137 e. The van der Waals surface area contributed by atoms with E-state index in [0.29, 0.717) is 0 Å². The minimum absolute atomic E-state index is 0.798. The Hall–Kier alpha value is -1.62. The van der Waals surface area contributed by atoms with Crippen LogP contribution in [-0.4, -0.2) is 23.6 Å². The van der Waals surface area contributed by atoms with Gasteiger partial charge in [0.25, 0.3) is 0 Å². The standard InChI is InChI=1S/C16H21BrN4/c1-4-9-18-15-12(2)16(20-11-19-15)21(3)10-13-7-5-6-8-14(13)17/h5-8,11H,4,9-10H2,1-3H3,(H,18,19,20). The van der Waals surface area contributed by atoms with E-state index in [2.05, 4.69) is 75.2 Å². The number of rotatable bonds is 6. The van der Waals surface area contributed by atoms with Crippen LogP contribution in [0.4, 0.5) is 11.6 Å². The monoisotopic (exact) mass is 348 g/mol. The van der Waals surface area contributed by atoms with Crippen LogP contribution in [0.25, 0.3) is 0 Å². The Labute approximate surface area is 134 Å². The molecule has 0 saturated heterocycles. The minimum Gasteiger partial charge on any atom is -0.370 e. The summed E-state index contributed by atoms with van der Waals surface area (Å²) in [6.45, 7) is 5.92. The molecule has 0 unspecified atom stereocenters. The van der Waals surface area contributed by atoms with Crippen LogP contribution < -0.4 is 10.2 Å². The number of hydrogen-bond donors (Lipinski definition) is 1. The van der Waals surface area contributed by atoms with E-state index in [4.69, 9.17) is 0 Å². The Bertz CT molecular complexity index is 601. The molecule has 0 atom stereocenters. The molecule has 0 fully saturated rings. The third kappa shape index (κ3) is 3.94. The molecule has 1 heterocycles. The van der Waals surface area contributed by atoms with E-state index in [1.807, 2.05) is 6.07 Å². The number of hydrogen-bond acceptors (Lipinski definition) is 4. The minimum atomic E-state index is 0.798. The molecule has 1 N–H and O–H groups in total. The van der Waals surface area contributed by atoms with Gasteiger partial charge in [0, 0.05) is 30.2 Å². The molecule has 0 radical (unpaired) electrons. The van der Waals surface area contributed by atoms with Crippen molar-refractivity contribution in [2.45, 2.75) is 26.8 Å². The molecule has 112 valence electrons. The van der Waals surface area contributed by atoms with Gasteiger partial charge < -0.3 is 10.2 Å². The van der Waals surface area contributed by atoms with Crippen LogP contribution in [0, 0.1) is 6.92 Å². The summed E-state index contributed by atoms with van der Waals surface area (Å²) in [5, 5.41) is 3.35. The average Bonchev–Trinajstić information content (AvgIpc) is 2.48. The Morgan fingerprint density at radius 2 is 2.00 bits per heavy atom. The zero-order valence-electron chi connectivity index (χ0n) is 12.7. The first-order valence-electron chi connectivity index (χ1n) is 7.13. The van der Waals surface area contributed by atoms with Crippen molar-refractivity contribution in [2.75, 3.05) is 23.8 Å². The highest BCUT2D eigenvalue weighted by Crippen LogP contribution is 2.24. The Morgan fingerprint density at radius 1 is 1.24 bits per heavy atom. The first-order valence-corrected chi connectivity index (χ1v) is 7.92. The molecule has 1 aromatic carbocycles. The zero-order chi connectivity index (χ0) is 15.2. The first-order chi connectivity index (χ1) is 10.1. The summed E-state index contributed by atoms with van der Waals surface area (Å²) in [4.78, 5) is 10.9. The van der Waals surface area contributed by atoms with Crippen molar-refractivity contribution in [1.82, 2.24) is 9.97 Å². The topological polar surface area (TPSA) is 41.1 Å². The van der Waals surface area contributed by atoms with Crippen molar-refractivity contribution in [3.8, 4) is 0 Å². The maximum atomic E-state index is 4.43. The second-order valence-electron chi connectivity index (χ2n) is 5.05. The third-order valence-corrected chi connectivity index (χ3v) is 4.10. The number of benzene rings is 1. The lowest BCUT2D eigenvalue weighted by molar-refractivity contribution is 0.875. The van der Waals surface area contributed by atoms with Gasteiger partial charge in [0.1, 0.15) is 18.0 Å². The molecule has 1 aromatic heterocycles. The predicted molar refractivity (Wildman–Crippen MR) is 91.8 cm³/mol. The lowest BCUT2D eigenvalue weighted by atomic mass is 10.2. The SMILES string of the molecule is CCCNc1ncnc(N(C)Cc2ccccc2Br)c1C. The number of nitrogens with zero attached hydrogens (tertiary/aromatic N) is 3. The van der Waals surface area contributed by atoms with E-state index in [1.165, 1.54) is 5.56 Å². The Kier molecular flexibility index (Phi) is 5.56. The lowest BCUT2D eigenvalue weighted by Crippen LogP contribution is -2.20. The van der Waals surface area contributed by atoms with Crippen molar-refractivity contribution in [3.05, 3.63) is 46.2 Å². The molecule has 2 rings (SSSR count). The molecule has 0 aliphatic carbocycles. The van der Waals surface area contributed by atoms with Crippen LogP contribution in [0.5, 0.6) is 0 Å². The van der Waals surface area contributed by atoms with Crippen molar-refractivity contribution < 1.29 is 0 Å². The molecule has 0 saturated carbocycles. The molecule has 0 bridgehead atoms. The average molecular weight is 349 g/mol. The molecule has 0 amide bonds. The molecule has 21 heavy (non-hydrogen) atoms. The number of halogens is 1. The van der Waals surface area contributed by atoms with Crippen molar-refractivity contribution in [1.29, 1.82) is 0 Å². The summed E-state index contributed by atoms with van der Waals surface area (Å²) >= 11 is 3.59. The van der Waals surface area contributed by atoms with E-state index in [-0.39, 0.29) is 0 Å². The maximum Gasteiger partial charge on any atom is 0.137 e. The highest BCUT2D eigenvalue weighted by molar-refractivity contribution is 9.10. The van der Waals surface area contributed by atoms with Gasteiger partial charge in [-0.2, -0.15) is 0 Å². The Balaban J connectivity index is 2.19. The Morgan fingerprint density at radius 3 is 2.71 bits per heavy atom. The summed E-state index contributed by atoms with van der Waals surface area (Å²) in [5.41, 5.74) is 2.32. The summed E-state index contributed by atoms with van der Waals surface area (Å²) in [6, 6.07) is 8.25. The van der Waals surface area contributed by atoms with Crippen molar-refractivity contribution in [3.63, 3.8) is 0 Å². The highest BCUT2D eigenvalue weighted by Gasteiger charge is 2.12. The summed E-state index contributed by atoms with van der Waals surface area (Å²) in [5.74, 6) is 1.88. The maximum absolute atomic E-state index is 4.43. The van der Waals surface area contributed by atoms with Crippen LogP contribution in [0.2, 0.25) is 0 Å². The van der Waals surface area contributed by atoms with Gasteiger partial charge in [0.05, 0.1) is 0 Å². The summed E-state index contributed by atoms with van der Waals surface area (Å²) in [6.07, 6.45) is 2.70. The number of nitrogens with one attached hydrogen (secondary N) is 1. The third-order valence-electron chi connectivity index (χ3n) is 3.33. The molecule has 2 aromatic rings. The summed E-state index contributed by atoms with van der Waals surface area (Å²) < 4.78 is 1.12. The van der Waals surface area contributed by atoms with E-state index >= 15 is 0 Å². The highest BCUT2D eigenvalue weighted by atomic mass is 79.9. The van der Waals surface area contributed by atoms with E-state index in [9.17, 15) is 0 Å². The van der Waals surface area contributed by atoms with Gasteiger partial charge in [-0.1, -0.05) is 41.1 Å². The quantitative estimate of drug-likeness (QED) is 0.856. The lowest BCUT2D eigenvalue weighted by Gasteiger charge is -2.22. The van der Waals surface area contributed by atoms with Crippen LogP contribution in [0.3, 0.4) is 0 Å². The molecular formula is C16H21BrN4. The fourth-order valence-corrected chi connectivity index (χ4v) is 2.61. The summed E-state index contributed by atoms with van der Waals surface area (Å²) in [7, 11) is 2.05. The van der Waals surface area contributed by atoms with Crippen LogP contribution in [0.1, 0.15) is 24.5 Å². The van der Waals surface area contributed by atoms with Gasteiger partial charge in [-0.05, 0) is 25.0 Å². The fraction of sp³-hybridized carbons (Fsp3) is 0.375. The molecule has 0 aliphatic heterocycles. The first kappa shape index (κ1) is 15.8. The van der Waals surface area contributed by atoms with Gasteiger partial charge in [-0.15, -0.1) is 0 Å². The van der Waals surface area contributed by atoms with Crippen LogP contribution in [0.15, 0.2) is 35.1 Å². The molecule has 0 aliphatic rings. The van der Waals surface area contributed by atoms with Gasteiger partial charge in [0.15, 0.2) is 0 Å².